The molecule has 0 saturated carbocycles. The minimum atomic E-state index is -0.599. The zero-order valence-electron chi connectivity index (χ0n) is 11.3. The van der Waals surface area contributed by atoms with Gasteiger partial charge in [0.05, 0.1) is 25.1 Å². The molecular weight excluding hydrogens is 293 g/mol. The van der Waals surface area contributed by atoms with Crippen LogP contribution in [-0.2, 0) is 9.53 Å². The molecule has 1 atom stereocenters. The first-order valence-corrected chi connectivity index (χ1v) is 7.15. The van der Waals surface area contributed by atoms with Gasteiger partial charge >= 0.3 is 5.97 Å². The van der Waals surface area contributed by atoms with Crippen LogP contribution in [0.2, 0.25) is 0 Å². The first-order valence-electron chi connectivity index (χ1n) is 6.27. The van der Waals surface area contributed by atoms with Crippen molar-refractivity contribution < 1.29 is 18.7 Å². The van der Waals surface area contributed by atoms with Gasteiger partial charge in [-0.25, -0.2) is 4.39 Å². The van der Waals surface area contributed by atoms with E-state index in [0.29, 0.717) is 0 Å². The summed E-state index contributed by atoms with van der Waals surface area (Å²) in [7, 11) is 1.28. The molecule has 2 rings (SSSR count). The van der Waals surface area contributed by atoms with Crippen LogP contribution in [0.25, 0.3) is 0 Å². The van der Waals surface area contributed by atoms with Crippen LogP contribution >= 0.6 is 11.3 Å². The van der Waals surface area contributed by atoms with E-state index in [1.807, 2.05) is 11.4 Å². The molecule has 0 aliphatic heterocycles. The summed E-state index contributed by atoms with van der Waals surface area (Å²) in [6, 6.07) is 8.79. The zero-order valence-corrected chi connectivity index (χ0v) is 12.2. The van der Waals surface area contributed by atoms with Gasteiger partial charge in [0.1, 0.15) is 5.82 Å². The molecule has 0 saturated heterocycles. The monoisotopic (exact) mass is 307 g/mol. The largest absolute Gasteiger partial charge is 0.469 e. The lowest BCUT2D eigenvalue weighted by Crippen LogP contribution is -2.30. The molecule has 1 heterocycles. The quantitative estimate of drug-likeness (QED) is 0.864. The average Bonchev–Trinajstić information content (AvgIpc) is 3.01. The topological polar surface area (TPSA) is 55.4 Å². The maximum Gasteiger partial charge on any atom is 0.307 e. The molecule has 4 nitrogen and oxygen atoms in total. The van der Waals surface area contributed by atoms with E-state index in [1.54, 1.807) is 12.1 Å². The highest BCUT2D eigenvalue weighted by molar-refractivity contribution is 7.10. The molecule has 1 unspecified atom stereocenters. The molecule has 0 fully saturated rings. The summed E-state index contributed by atoms with van der Waals surface area (Å²) in [6.45, 7) is 0. The van der Waals surface area contributed by atoms with E-state index in [-0.39, 0.29) is 12.0 Å². The number of amides is 1. The summed E-state index contributed by atoms with van der Waals surface area (Å²) in [6.07, 6.45) is -0.00277. The van der Waals surface area contributed by atoms with E-state index < -0.39 is 23.7 Å². The lowest BCUT2D eigenvalue weighted by Gasteiger charge is -2.16. The molecule has 110 valence electrons. The molecule has 0 spiro atoms. The van der Waals surface area contributed by atoms with Crippen LogP contribution in [0.1, 0.15) is 27.7 Å². The maximum atomic E-state index is 13.6. The van der Waals surface area contributed by atoms with Gasteiger partial charge in [-0.05, 0) is 23.6 Å². The molecule has 6 heteroatoms. The summed E-state index contributed by atoms with van der Waals surface area (Å²) in [4.78, 5) is 24.4. The Morgan fingerprint density at radius 1 is 1.29 bits per heavy atom. The predicted octanol–water partition coefficient (Wildman–Crippen LogP) is 2.92. The molecule has 21 heavy (non-hydrogen) atoms. The lowest BCUT2D eigenvalue weighted by atomic mass is 10.1. The van der Waals surface area contributed by atoms with Gasteiger partial charge in [-0.1, -0.05) is 18.2 Å². The highest BCUT2D eigenvalue weighted by Gasteiger charge is 2.21. The Morgan fingerprint density at radius 3 is 2.67 bits per heavy atom. The van der Waals surface area contributed by atoms with Crippen LogP contribution in [0.5, 0.6) is 0 Å². The number of ether oxygens (including phenoxy) is 1. The van der Waals surface area contributed by atoms with Crippen LogP contribution in [0.3, 0.4) is 0 Å². The predicted molar refractivity (Wildman–Crippen MR) is 77.6 cm³/mol. The third kappa shape index (κ3) is 3.88. The molecule has 1 aromatic heterocycles. The van der Waals surface area contributed by atoms with Crippen molar-refractivity contribution in [3.63, 3.8) is 0 Å². The minimum Gasteiger partial charge on any atom is -0.469 e. The Hall–Kier alpha value is -2.21. The summed E-state index contributed by atoms with van der Waals surface area (Å²) in [5.74, 6) is -1.60. The molecule has 2 aromatic rings. The van der Waals surface area contributed by atoms with E-state index in [0.717, 1.165) is 4.88 Å². The van der Waals surface area contributed by atoms with Gasteiger partial charge in [-0.2, -0.15) is 0 Å². The normalized spacial score (nSPS) is 11.7. The van der Waals surface area contributed by atoms with E-state index >= 15 is 0 Å². The van der Waals surface area contributed by atoms with Gasteiger partial charge in [-0.15, -0.1) is 11.3 Å². The van der Waals surface area contributed by atoms with Crippen molar-refractivity contribution in [3.05, 3.63) is 58.0 Å². The minimum absolute atomic E-state index is 0.00277. The molecule has 1 aromatic carbocycles. The Kier molecular flexibility index (Phi) is 5.05. The van der Waals surface area contributed by atoms with Crippen molar-refractivity contribution in [1.82, 2.24) is 5.32 Å². The number of nitrogens with one attached hydrogen (secondary N) is 1. The smallest absolute Gasteiger partial charge is 0.307 e. The van der Waals surface area contributed by atoms with Gasteiger partial charge in [-0.3, -0.25) is 9.59 Å². The van der Waals surface area contributed by atoms with Gasteiger partial charge in [0.25, 0.3) is 5.91 Å². The third-order valence-corrected chi connectivity index (χ3v) is 3.89. The number of hydrogen-bond donors (Lipinski definition) is 1. The number of esters is 1. The van der Waals surface area contributed by atoms with Gasteiger partial charge in [0.15, 0.2) is 0 Å². The molecule has 0 aliphatic carbocycles. The Balaban J connectivity index is 2.17. The molecular formula is C15H14FNO3S. The van der Waals surface area contributed by atoms with Crippen molar-refractivity contribution in [2.75, 3.05) is 7.11 Å². The fraction of sp³-hybridized carbons (Fsp3) is 0.200. The molecule has 0 aliphatic rings. The van der Waals surface area contributed by atoms with Crippen molar-refractivity contribution in [1.29, 1.82) is 0 Å². The maximum absolute atomic E-state index is 13.6. The van der Waals surface area contributed by atoms with E-state index in [1.165, 1.54) is 36.6 Å². The second kappa shape index (κ2) is 6.99. The van der Waals surface area contributed by atoms with Gasteiger partial charge in [0.2, 0.25) is 0 Å². The fourth-order valence-corrected chi connectivity index (χ4v) is 2.62. The van der Waals surface area contributed by atoms with Crippen LogP contribution < -0.4 is 5.32 Å². The lowest BCUT2D eigenvalue weighted by molar-refractivity contribution is -0.141. The number of benzene rings is 1. The van der Waals surface area contributed by atoms with Crippen LogP contribution in [0.4, 0.5) is 4.39 Å². The first-order chi connectivity index (χ1) is 10.1. The Morgan fingerprint density at radius 2 is 2.05 bits per heavy atom. The number of thiophene rings is 1. The summed E-state index contributed by atoms with van der Waals surface area (Å²) < 4.78 is 18.2. The number of carbonyl (C=O) groups excluding carboxylic acids is 2. The number of hydrogen-bond acceptors (Lipinski definition) is 4. The van der Waals surface area contributed by atoms with Crippen LogP contribution in [0, 0.1) is 5.82 Å². The first kappa shape index (κ1) is 15.2. The number of rotatable bonds is 5. The van der Waals surface area contributed by atoms with Crippen LogP contribution in [-0.4, -0.2) is 19.0 Å². The fourth-order valence-electron chi connectivity index (χ4n) is 1.84. The number of halogens is 1. The summed E-state index contributed by atoms with van der Waals surface area (Å²) >= 11 is 1.41. The van der Waals surface area contributed by atoms with E-state index in [2.05, 4.69) is 10.1 Å². The average molecular weight is 307 g/mol. The van der Waals surface area contributed by atoms with E-state index in [4.69, 9.17) is 0 Å². The summed E-state index contributed by atoms with van der Waals surface area (Å²) in [5, 5.41) is 4.51. The number of carbonyl (C=O) groups is 2. The second-order valence-electron chi connectivity index (χ2n) is 4.30. The highest BCUT2D eigenvalue weighted by Crippen LogP contribution is 2.23. The van der Waals surface area contributed by atoms with Crippen molar-refractivity contribution in [2.45, 2.75) is 12.5 Å². The van der Waals surface area contributed by atoms with Gasteiger partial charge in [0, 0.05) is 4.88 Å². The third-order valence-electron chi connectivity index (χ3n) is 2.91. The molecule has 0 bridgehead atoms. The molecule has 0 radical (unpaired) electrons. The standard InChI is InChI=1S/C15H14FNO3S/c1-20-14(18)9-12(13-7-4-8-21-13)17-15(19)10-5-2-3-6-11(10)16/h2-8,12H,9H2,1H3,(H,17,19). The SMILES string of the molecule is COC(=O)CC(NC(=O)c1ccccc1F)c1cccs1. The Labute approximate surface area is 125 Å². The summed E-state index contributed by atoms with van der Waals surface area (Å²) in [5.41, 5.74) is -0.0519. The van der Waals surface area contributed by atoms with Gasteiger partial charge < -0.3 is 10.1 Å². The van der Waals surface area contributed by atoms with E-state index in [9.17, 15) is 14.0 Å². The Bertz CT molecular complexity index is 628. The van der Waals surface area contributed by atoms with Crippen LogP contribution in [0.15, 0.2) is 41.8 Å². The highest BCUT2D eigenvalue weighted by atomic mass is 32.1. The van der Waals surface area contributed by atoms with Crippen molar-refractivity contribution in [2.24, 2.45) is 0 Å². The van der Waals surface area contributed by atoms with Crippen molar-refractivity contribution >= 4 is 23.2 Å². The van der Waals surface area contributed by atoms with Crippen molar-refractivity contribution in [3.8, 4) is 0 Å². The zero-order chi connectivity index (χ0) is 15.2. The second-order valence-corrected chi connectivity index (χ2v) is 5.28. The number of methoxy groups -OCH3 is 1. The molecule has 1 amide bonds. The molecule has 1 N–H and O–H groups in total.